The average molecular weight is 355 g/mol. The highest BCUT2D eigenvalue weighted by molar-refractivity contribution is 6.30. The van der Waals surface area contributed by atoms with E-state index in [1.54, 1.807) is 6.08 Å². The zero-order valence-corrected chi connectivity index (χ0v) is 14.7. The van der Waals surface area contributed by atoms with Gasteiger partial charge in [0.05, 0.1) is 6.61 Å². The molecule has 2 aromatic carbocycles. The van der Waals surface area contributed by atoms with Crippen LogP contribution in [-0.2, 0) is 11.2 Å². The monoisotopic (exact) mass is 354 g/mol. The topological polar surface area (TPSA) is 50.7 Å². The first kappa shape index (κ1) is 17.2. The molecule has 0 unspecified atom stereocenters. The third kappa shape index (κ3) is 4.70. The van der Waals surface area contributed by atoms with E-state index in [0.717, 1.165) is 28.3 Å². The number of amidine groups is 1. The minimum Gasteiger partial charge on any atom is -0.494 e. The van der Waals surface area contributed by atoms with Crippen LogP contribution < -0.4 is 10.1 Å². The summed E-state index contributed by atoms with van der Waals surface area (Å²) in [6.07, 6.45) is 3.25. The smallest absolute Gasteiger partial charge is 0.275 e. The Bertz CT molecular complexity index is 809. The van der Waals surface area contributed by atoms with Gasteiger partial charge < -0.3 is 10.1 Å². The summed E-state index contributed by atoms with van der Waals surface area (Å²) in [6, 6.07) is 15.3. The predicted molar refractivity (Wildman–Crippen MR) is 101 cm³/mol. The maximum atomic E-state index is 12.1. The molecule has 0 atom stereocenters. The number of halogens is 1. The van der Waals surface area contributed by atoms with E-state index in [1.165, 1.54) is 0 Å². The number of hydrogen-bond acceptors (Lipinski definition) is 3. The fourth-order valence-electron chi connectivity index (χ4n) is 2.53. The molecule has 3 rings (SSSR count). The van der Waals surface area contributed by atoms with Gasteiger partial charge in [0.25, 0.3) is 5.91 Å². The van der Waals surface area contributed by atoms with Crippen molar-refractivity contribution in [2.24, 2.45) is 4.99 Å². The minimum atomic E-state index is -0.167. The number of carbonyl (C=O) groups is 1. The van der Waals surface area contributed by atoms with Gasteiger partial charge in [0.2, 0.25) is 0 Å². The van der Waals surface area contributed by atoms with Gasteiger partial charge in [0, 0.05) is 11.4 Å². The summed E-state index contributed by atoms with van der Waals surface area (Å²) < 4.78 is 5.41. The molecule has 0 saturated carbocycles. The fourth-order valence-corrected chi connectivity index (χ4v) is 2.66. The number of rotatable bonds is 6. The van der Waals surface area contributed by atoms with Gasteiger partial charge in [-0.2, -0.15) is 0 Å². The van der Waals surface area contributed by atoms with Crippen LogP contribution >= 0.6 is 11.6 Å². The van der Waals surface area contributed by atoms with E-state index in [1.807, 2.05) is 55.5 Å². The van der Waals surface area contributed by atoms with Crippen LogP contribution in [0.1, 0.15) is 24.5 Å². The molecule has 25 heavy (non-hydrogen) atoms. The van der Waals surface area contributed by atoms with E-state index in [0.29, 0.717) is 24.6 Å². The second-order valence-electron chi connectivity index (χ2n) is 5.67. The van der Waals surface area contributed by atoms with Gasteiger partial charge in [0.15, 0.2) is 0 Å². The summed E-state index contributed by atoms with van der Waals surface area (Å²) in [5.41, 5.74) is 2.50. The molecule has 5 heteroatoms. The Kier molecular flexibility index (Phi) is 5.51. The first-order valence-electron chi connectivity index (χ1n) is 8.22. The van der Waals surface area contributed by atoms with Crippen molar-refractivity contribution >= 4 is 29.4 Å². The molecule has 1 heterocycles. The molecule has 0 aliphatic carbocycles. The third-order valence-electron chi connectivity index (χ3n) is 3.80. The van der Waals surface area contributed by atoms with Gasteiger partial charge in [-0.25, -0.2) is 4.99 Å². The highest BCUT2D eigenvalue weighted by Crippen LogP contribution is 2.18. The molecule has 0 spiro atoms. The summed E-state index contributed by atoms with van der Waals surface area (Å²) in [7, 11) is 0. The number of benzene rings is 2. The van der Waals surface area contributed by atoms with Gasteiger partial charge in [-0.05, 0) is 54.8 Å². The maximum Gasteiger partial charge on any atom is 0.275 e. The second kappa shape index (κ2) is 7.99. The minimum absolute atomic E-state index is 0.167. The molecule has 1 aliphatic heterocycles. The Morgan fingerprint density at radius 2 is 1.80 bits per heavy atom. The van der Waals surface area contributed by atoms with Crippen molar-refractivity contribution in [2.45, 2.75) is 19.8 Å². The normalized spacial score (nSPS) is 15.2. The van der Waals surface area contributed by atoms with E-state index in [9.17, 15) is 4.79 Å². The quantitative estimate of drug-likeness (QED) is 0.789. The predicted octanol–water partition coefficient (Wildman–Crippen LogP) is 4.24. The molecule has 0 saturated heterocycles. The Morgan fingerprint density at radius 1 is 1.08 bits per heavy atom. The van der Waals surface area contributed by atoms with Crippen LogP contribution in [0.15, 0.2) is 59.2 Å². The highest BCUT2D eigenvalue weighted by Gasteiger charge is 2.19. The SMILES string of the molecule is CCOc1ccc(/C=C2/N=C(CCc3ccc(Cl)cc3)NC2=O)cc1. The lowest BCUT2D eigenvalue weighted by molar-refractivity contribution is -0.115. The molecule has 1 aliphatic rings. The molecule has 1 N–H and O–H groups in total. The van der Waals surface area contributed by atoms with Crippen molar-refractivity contribution in [1.82, 2.24) is 5.32 Å². The summed E-state index contributed by atoms with van der Waals surface area (Å²) in [6.45, 7) is 2.57. The van der Waals surface area contributed by atoms with Crippen LogP contribution in [0, 0.1) is 0 Å². The second-order valence-corrected chi connectivity index (χ2v) is 6.11. The Hall–Kier alpha value is -2.59. The summed E-state index contributed by atoms with van der Waals surface area (Å²) in [5.74, 6) is 1.34. The molecule has 0 radical (unpaired) electrons. The number of aryl methyl sites for hydroxylation is 1. The van der Waals surface area contributed by atoms with Gasteiger partial charge >= 0.3 is 0 Å². The summed E-state index contributed by atoms with van der Waals surface area (Å²) in [4.78, 5) is 16.5. The van der Waals surface area contributed by atoms with Crippen LogP contribution in [0.3, 0.4) is 0 Å². The zero-order chi connectivity index (χ0) is 17.6. The van der Waals surface area contributed by atoms with Gasteiger partial charge in [0.1, 0.15) is 17.3 Å². The standard InChI is InChI=1S/C20H19ClN2O2/c1-2-25-17-10-5-15(6-11-17)13-18-20(24)23-19(22-18)12-7-14-3-8-16(21)9-4-14/h3-6,8-11,13H,2,7,12H2,1H3,(H,22,23,24)/b18-13+. The van der Waals surface area contributed by atoms with E-state index in [4.69, 9.17) is 16.3 Å². The van der Waals surface area contributed by atoms with Crippen molar-refractivity contribution < 1.29 is 9.53 Å². The molecule has 2 aromatic rings. The van der Waals surface area contributed by atoms with Gasteiger partial charge in [-0.1, -0.05) is 35.9 Å². The number of aliphatic imine (C=N–C) groups is 1. The average Bonchev–Trinajstić information content (AvgIpc) is 2.96. The number of hydrogen-bond donors (Lipinski definition) is 1. The van der Waals surface area contributed by atoms with E-state index in [2.05, 4.69) is 10.3 Å². The van der Waals surface area contributed by atoms with E-state index < -0.39 is 0 Å². The highest BCUT2D eigenvalue weighted by atomic mass is 35.5. The van der Waals surface area contributed by atoms with Crippen molar-refractivity contribution in [3.05, 3.63) is 70.4 Å². The van der Waals surface area contributed by atoms with Crippen LogP contribution in [0.25, 0.3) is 6.08 Å². The Morgan fingerprint density at radius 3 is 2.48 bits per heavy atom. The first-order chi connectivity index (χ1) is 12.1. The molecule has 0 aromatic heterocycles. The molecule has 0 fully saturated rings. The number of nitrogens with one attached hydrogen (secondary N) is 1. The van der Waals surface area contributed by atoms with E-state index >= 15 is 0 Å². The van der Waals surface area contributed by atoms with Crippen LogP contribution in [0.4, 0.5) is 0 Å². The third-order valence-corrected chi connectivity index (χ3v) is 4.06. The summed E-state index contributed by atoms with van der Waals surface area (Å²) in [5, 5.41) is 3.55. The lowest BCUT2D eigenvalue weighted by Crippen LogP contribution is -2.24. The summed E-state index contributed by atoms with van der Waals surface area (Å²) >= 11 is 5.89. The van der Waals surface area contributed by atoms with Gasteiger partial charge in [-0.15, -0.1) is 0 Å². The molecule has 0 bridgehead atoms. The number of carbonyl (C=O) groups excluding carboxylic acids is 1. The molecular formula is C20H19ClN2O2. The fraction of sp³-hybridized carbons (Fsp3) is 0.200. The van der Waals surface area contributed by atoms with Gasteiger partial charge in [-0.3, -0.25) is 4.79 Å². The van der Waals surface area contributed by atoms with Crippen molar-refractivity contribution in [1.29, 1.82) is 0 Å². The largest absolute Gasteiger partial charge is 0.494 e. The first-order valence-corrected chi connectivity index (χ1v) is 8.60. The zero-order valence-electron chi connectivity index (χ0n) is 14.0. The van der Waals surface area contributed by atoms with E-state index in [-0.39, 0.29) is 5.91 Å². The number of ether oxygens (including phenoxy) is 1. The Balaban J connectivity index is 1.65. The van der Waals surface area contributed by atoms with Crippen LogP contribution in [0.5, 0.6) is 5.75 Å². The Labute approximate surface area is 152 Å². The molecule has 4 nitrogen and oxygen atoms in total. The number of nitrogens with zero attached hydrogens (tertiary/aromatic N) is 1. The molecule has 128 valence electrons. The lowest BCUT2D eigenvalue weighted by Gasteiger charge is -2.02. The van der Waals surface area contributed by atoms with Crippen LogP contribution in [0.2, 0.25) is 5.02 Å². The van der Waals surface area contributed by atoms with Crippen molar-refractivity contribution in [3.8, 4) is 5.75 Å². The molecular weight excluding hydrogens is 336 g/mol. The van der Waals surface area contributed by atoms with Crippen molar-refractivity contribution in [3.63, 3.8) is 0 Å². The molecule has 1 amide bonds. The maximum absolute atomic E-state index is 12.1. The number of amides is 1. The van der Waals surface area contributed by atoms with Crippen LogP contribution in [-0.4, -0.2) is 18.3 Å². The van der Waals surface area contributed by atoms with Crippen molar-refractivity contribution in [2.75, 3.05) is 6.61 Å². The lowest BCUT2D eigenvalue weighted by atomic mass is 10.1.